The summed E-state index contributed by atoms with van der Waals surface area (Å²) in [6, 6.07) is 8.03. The highest BCUT2D eigenvalue weighted by Gasteiger charge is 2.17. The summed E-state index contributed by atoms with van der Waals surface area (Å²) in [7, 11) is 0. The van der Waals surface area contributed by atoms with Crippen LogP contribution in [0, 0.1) is 0 Å². The average Bonchev–Trinajstić information content (AvgIpc) is 3.31. The maximum atomic E-state index is 4.62. The summed E-state index contributed by atoms with van der Waals surface area (Å²) in [5, 5.41) is 11.8. The first-order chi connectivity index (χ1) is 12.4. The summed E-state index contributed by atoms with van der Waals surface area (Å²) in [6.45, 7) is 0. The molecule has 1 saturated carbocycles. The number of nitrogens with zero attached hydrogens (tertiary/aromatic N) is 7. The fourth-order valence-electron chi connectivity index (χ4n) is 3.27. The summed E-state index contributed by atoms with van der Waals surface area (Å²) in [5.41, 5.74) is 2.94. The van der Waals surface area contributed by atoms with Crippen LogP contribution in [0.3, 0.4) is 0 Å². The van der Waals surface area contributed by atoms with E-state index in [-0.39, 0.29) is 0 Å². The minimum atomic E-state index is 0.451. The molecule has 0 aromatic carbocycles. The lowest BCUT2D eigenvalue weighted by Gasteiger charge is -2.11. The zero-order valence-corrected chi connectivity index (χ0v) is 13.5. The molecule has 8 nitrogen and oxygen atoms in total. The molecule has 0 radical (unpaired) electrons. The smallest absolute Gasteiger partial charge is 0.225 e. The van der Waals surface area contributed by atoms with Gasteiger partial charge in [0, 0.05) is 12.2 Å². The molecular formula is C17H16N8. The number of pyridine rings is 2. The van der Waals surface area contributed by atoms with Gasteiger partial charge >= 0.3 is 0 Å². The monoisotopic (exact) mass is 332 g/mol. The molecule has 0 unspecified atom stereocenters. The molecule has 124 valence electrons. The molecule has 1 N–H and O–H groups in total. The minimum absolute atomic E-state index is 0.451. The standard InChI is InChI=1S/C17H16N8/c1-2-5-11(4-1)20-17-19-10-14-16(22-17)25(24-23-14)15-8-7-12-13(21-15)6-3-9-18-12/h3,6-11H,1-2,4-5H2,(H,19,20,22). The van der Waals surface area contributed by atoms with Crippen molar-refractivity contribution in [3.05, 3.63) is 36.7 Å². The van der Waals surface area contributed by atoms with Crippen LogP contribution < -0.4 is 5.32 Å². The molecule has 0 aliphatic heterocycles. The van der Waals surface area contributed by atoms with Crippen molar-refractivity contribution >= 4 is 28.1 Å². The largest absolute Gasteiger partial charge is 0.351 e. The van der Waals surface area contributed by atoms with Crippen molar-refractivity contribution in [3.63, 3.8) is 0 Å². The van der Waals surface area contributed by atoms with Crippen LogP contribution in [0.5, 0.6) is 0 Å². The molecule has 0 saturated heterocycles. The van der Waals surface area contributed by atoms with Crippen LogP contribution in [0.15, 0.2) is 36.7 Å². The molecular weight excluding hydrogens is 316 g/mol. The van der Waals surface area contributed by atoms with Gasteiger partial charge in [-0.25, -0.2) is 9.97 Å². The van der Waals surface area contributed by atoms with E-state index in [1.807, 2.05) is 24.3 Å². The molecule has 1 fully saturated rings. The molecule has 0 atom stereocenters. The molecule has 1 aliphatic rings. The maximum Gasteiger partial charge on any atom is 0.225 e. The summed E-state index contributed by atoms with van der Waals surface area (Å²) >= 11 is 0. The van der Waals surface area contributed by atoms with Crippen molar-refractivity contribution < 1.29 is 0 Å². The minimum Gasteiger partial charge on any atom is -0.351 e. The van der Waals surface area contributed by atoms with Crippen LogP contribution in [0.4, 0.5) is 5.95 Å². The van der Waals surface area contributed by atoms with Gasteiger partial charge in [0.05, 0.1) is 17.2 Å². The fraction of sp³-hybridized carbons (Fsp3) is 0.294. The molecule has 0 amide bonds. The van der Waals surface area contributed by atoms with Gasteiger partial charge in [-0.3, -0.25) is 4.98 Å². The van der Waals surface area contributed by atoms with E-state index < -0.39 is 0 Å². The predicted octanol–water partition coefficient (Wildman–Crippen LogP) is 2.51. The first-order valence-corrected chi connectivity index (χ1v) is 8.44. The molecule has 1 aliphatic carbocycles. The molecule has 8 heteroatoms. The lowest BCUT2D eigenvalue weighted by molar-refractivity contribution is 0.743. The SMILES string of the molecule is c1cnc2ccc(-n3nnc4cnc(NC5CCCC5)nc43)nc2c1. The number of fused-ring (bicyclic) bond motifs is 2. The second-order valence-electron chi connectivity index (χ2n) is 6.24. The third-order valence-electron chi connectivity index (χ3n) is 4.54. The van der Waals surface area contributed by atoms with Gasteiger partial charge in [0.25, 0.3) is 0 Å². The van der Waals surface area contributed by atoms with Gasteiger partial charge in [-0.05, 0) is 37.1 Å². The molecule has 4 aromatic heterocycles. The van der Waals surface area contributed by atoms with E-state index in [9.17, 15) is 0 Å². The number of hydrogen-bond acceptors (Lipinski definition) is 7. The van der Waals surface area contributed by atoms with Crippen molar-refractivity contribution in [2.24, 2.45) is 0 Å². The topological polar surface area (TPSA) is 94.3 Å². The number of anilines is 1. The quantitative estimate of drug-likeness (QED) is 0.616. The van der Waals surface area contributed by atoms with Gasteiger partial charge in [-0.1, -0.05) is 18.1 Å². The van der Waals surface area contributed by atoms with E-state index in [1.54, 1.807) is 17.1 Å². The van der Waals surface area contributed by atoms with Crippen LogP contribution >= 0.6 is 0 Å². The fourth-order valence-corrected chi connectivity index (χ4v) is 3.27. The Hall–Kier alpha value is -3.16. The predicted molar refractivity (Wildman–Crippen MR) is 93.4 cm³/mol. The van der Waals surface area contributed by atoms with Gasteiger partial charge in [-0.2, -0.15) is 9.67 Å². The Balaban J connectivity index is 1.57. The molecule has 5 rings (SSSR count). The lowest BCUT2D eigenvalue weighted by atomic mass is 10.2. The second kappa shape index (κ2) is 5.73. The average molecular weight is 332 g/mol. The summed E-state index contributed by atoms with van der Waals surface area (Å²) in [4.78, 5) is 17.9. The normalized spacial score (nSPS) is 15.2. The van der Waals surface area contributed by atoms with Crippen LogP contribution in [0.25, 0.3) is 28.0 Å². The Morgan fingerprint density at radius 1 is 0.960 bits per heavy atom. The Labute approximate surface area is 143 Å². The highest BCUT2D eigenvalue weighted by molar-refractivity contribution is 5.76. The third kappa shape index (κ3) is 2.55. The van der Waals surface area contributed by atoms with Crippen LogP contribution in [0.1, 0.15) is 25.7 Å². The second-order valence-corrected chi connectivity index (χ2v) is 6.24. The summed E-state index contributed by atoms with van der Waals surface area (Å²) in [5.74, 6) is 1.28. The van der Waals surface area contributed by atoms with Crippen molar-refractivity contribution in [2.75, 3.05) is 5.32 Å². The van der Waals surface area contributed by atoms with Gasteiger partial charge in [0.2, 0.25) is 5.95 Å². The van der Waals surface area contributed by atoms with E-state index in [1.165, 1.54) is 12.8 Å². The van der Waals surface area contributed by atoms with Crippen LogP contribution in [-0.2, 0) is 0 Å². The van der Waals surface area contributed by atoms with Crippen molar-refractivity contribution in [1.29, 1.82) is 0 Å². The Kier molecular flexibility index (Phi) is 3.26. The Morgan fingerprint density at radius 3 is 2.80 bits per heavy atom. The zero-order chi connectivity index (χ0) is 16.6. The van der Waals surface area contributed by atoms with Gasteiger partial charge in [0.15, 0.2) is 17.0 Å². The molecule has 0 spiro atoms. The van der Waals surface area contributed by atoms with E-state index in [0.29, 0.717) is 29.0 Å². The van der Waals surface area contributed by atoms with E-state index in [4.69, 9.17) is 0 Å². The van der Waals surface area contributed by atoms with Crippen LogP contribution in [0.2, 0.25) is 0 Å². The van der Waals surface area contributed by atoms with Crippen LogP contribution in [-0.4, -0.2) is 41.0 Å². The van der Waals surface area contributed by atoms with Gasteiger partial charge in [0.1, 0.15) is 0 Å². The first kappa shape index (κ1) is 14.2. The number of nitrogens with one attached hydrogen (secondary N) is 1. The van der Waals surface area contributed by atoms with Crippen molar-refractivity contribution in [1.82, 2.24) is 34.9 Å². The number of aromatic nitrogens is 7. The zero-order valence-electron chi connectivity index (χ0n) is 13.5. The van der Waals surface area contributed by atoms with E-state index in [2.05, 4.69) is 35.6 Å². The Bertz CT molecular complexity index is 1050. The summed E-state index contributed by atoms with van der Waals surface area (Å²) in [6.07, 6.45) is 8.30. The maximum absolute atomic E-state index is 4.62. The lowest BCUT2D eigenvalue weighted by Crippen LogP contribution is -2.16. The molecule has 4 heterocycles. The highest BCUT2D eigenvalue weighted by Crippen LogP contribution is 2.22. The van der Waals surface area contributed by atoms with E-state index >= 15 is 0 Å². The molecule has 0 bridgehead atoms. The molecule has 4 aromatic rings. The third-order valence-corrected chi connectivity index (χ3v) is 4.54. The number of rotatable bonds is 3. The van der Waals surface area contributed by atoms with Crippen molar-refractivity contribution in [2.45, 2.75) is 31.7 Å². The Morgan fingerprint density at radius 2 is 1.88 bits per heavy atom. The highest BCUT2D eigenvalue weighted by atomic mass is 15.5. The van der Waals surface area contributed by atoms with Crippen molar-refractivity contribution in [3.8, 4) is 5.82 Å². The number of hydrogen-bond donors (Lipinski definition) is 1. The van der Waals surface area contributed by atoms with Gasteiger partial charge < -0.3 is 5.32 Å². The first-order valence-electron chi connectivity index (χ1n) is 8.44. The van der Waals surface area contributed by atoms with Gasteiger partial charge in [-0.15, -0.1) is 5.10 Å². The summed E-state index contributed by atoms with van der Waals surface area (Å²) < 4.78 is 1.64. The van der Waals surface area contributed by atoms with E-state index in [0.717, 1.165) is 23.9 Å². The molecule has 25 heavy (non-hydrogen) atoms.